The van der Waals surface area contributed by atoms with E-state index in [0.29, 0.717) is 5.92 Å². The van der Waals surface area contributed by atoms with Crippen LogP contribution in [0.3, 0.4) is 0 Å². The molecular weight excluding hydrogens is 346 g/mol. The molecule has 1 N–H and O–H groups in total. The van der Waals surface area contributed by atoms with E-state index in [1.54, 1.807) is 0 Å². The van der Waals surface area contributed by atoms with E-state index in [1.165, 1.54) is 0 Å². The van der Waals surface area contributed by atoms with E-state index in [4.69, 9.17) is 9.47 Å². The first-order valence-electron chi connectivity index (χ1n) is 10.3. The molecule has 3 heterocycles. The normalized spacial score (nSPS) is 26.3. The summed E-state index contributed by atoms with van der Waals surface area (Å²) in [6.07, 6.45) is 1.65. The van der Waals surface area contributed by atoms with Gasteiger partial charge in [0.05, 0.1) is 13.2 Å². The molecule has 27 heavy (non-hydrogen) atoms. The van der Waals surface area contributed by atoms with Crippen molar-refractivity contribution in [2.75, 3.05) is 79.2 Å². The fraction of sp³-hybridized carbons (Fsp3) is 0.895. The van der Waals surface area contributed by atoms with Crippen molar-refractivity contribution in [3.8, 4) is 0 Å². The molecule has 154 valence electrons. The third-order valence-corrected chi connectivity index (χ3v) is 5.59. The first kappa shape index (κ1) is 20.4. The smallest absolute Gasteiger partial charge is 0.251 e. The lowest BCUT2D eigenvalue weighted by atomic mass is 10.1. The lowest BCUT2D eigenvalue weighted by Gasteiger charge is -2.37. The van der Waals surface area contributed by atoms with Gasteiger partial charge in [0.25, 0.3) is 5.91 Å². The molecule has 2 atom stereocenters. The van der Waals surface area contributed by atoms with Crippen LogP contribution >= 0.6 is 0 Å². The van der Waals surface area contributed by atoms with Crippen molar-refractivity contribution in [3.63, 3.8) is 0 Å². The number of rotatable bonds is 5. The molecule has 3 aliphatic rings. The van der Waals surface area contributed by atoms with Crippen LogP contribution in [0.4, 0.5) is 0 Å². The topological polar surface area (TPSA) is 69.6 Å². The van der Waals surface area contributed by atoms with Crippen molar-refractivity contribution in [1.82, 2.24) is 20.0 Å². The molecule has 0 aliphatic carbocycles. The van der Waals surface area contributed by atoms with Gasteiger partial charge in [0, 0.05) is 66.0 Å². The molecule has 2 unspecified atom stereocenters. The summed E-state index contributed by atoms with van der Waals surface area (Å²) < 4.78 is 11.0. The minimum absolute atomic E-state index is 0.161. The van der Waals surface area contributed by atoms with E-state index in [1.807, 2.05) is 11.9 Å². The number of morpholine rings is 1. The van der Waals surface area contributed by atoms with Crippen molar-refractivity contribution in [1.29, 1.82) is 0 Å². The zero-order valence-corrected chi connectivity index (χ0v) is 16.9. The summed E-state index contributed by atoms with van der Waals surface area (Å²) >= 11 is 0. The first-order chi connectivity index (χ1) is 13.2. The predicted octanol–water partition coefficient (Wildman–Crippen LogP) is -0.147. The molecule has 0 spiro atoms. The Balaban J connectivity index is 1.38. The molecule has 1 amide bonds. The first-order valence-corrected chi connectivity index (χ1v) is 10.3. The zero-order chi connectivity index (χ0) is 19.1. The van der Waals surface area contributed by atoms with Gasteiger partial charge >= 0.3 is 0 Å². The molecule has 3 aliphatic heterocycles. The Morgan fingerprint density at radius 3 is 2.44 bits per heavy atom. The van der Waals surface area contributed by atoms with Gasteiger partial charge in [-0.3, -0.25) is 14.7 Å². The fourth-order valence-corrected chi connectivity index (χ4v) is 4.00. The van der Waals surface area contributed by atoms with Crippen molar-refractivity contribution in [2.24, 2.45) is 10.9 Å². The molecule has 0 aromatic heterocycles. The predicted molar refractivity (Wildman–Crippen MR) is 105 cm³/mol. The second-order valence-electron chi connectivity index (χ2n) is 7.76. The number of amides is 1. The minimum Gasteiger partial charge on any atom is -0.379 e. The minimum atomic E-state index is -0.213. The highest BCUT2D eigenvalue weighted by Crippen LogP contribution is 2.16. The van der Waals surface area contributed by atoms with Gasteiger partial charge in [-0.25, -0.2) is 0 Å². The van der Waals surface area contributed by atoms with E-state index < -0.39 is 0 Å². The maximum atomic E-state index is 12.5. The van der Waals surface area contributed by atoms with Crippen LogP contribution in [-0.2, 0) is 14.3 Å². The summed E-state index contributed by atoms with van der Waals surface area (Å²) in [6, 6.07) is 0. The number of piperazine rings is 1. The molecule has 3 saturated heterocycles. The summed E-state index contributed by atoms with van der Waals surface area (Å²) in [7, 11) is 1.83. The maximum Gasteiger partial charge on any atom is 0.251 e. The Bertz CT molecular complexity index is 496. The molecule has 0 aromatic carbocycles. The summed E-state index contributed by atoms with van der Waals surface area (Å²) in [4.78, 5) is 23.6. The SMILES string of the molecule is CN=C(NCC(C)CN1CCOCC1)N1CCN(C(=O)C2CCCO2)CC1. The van der Waals surface area contributed by atoms with Crippen LogP contribution in [0.2, 0.25) is 0 Å². The highest BCUT2D eigenvalue weighted by atomic mass is 16.5. The second kappa shape index (κ2) is 10.2. The highest BCUT2D eigenvalue weighted by Gasteiger charge is 2.31. The van der Waals surface area contributed by atoms with Crippen molar-refractivity contribution >= 4 is 11.9 Å². The number of hydrogen-bond donors (Lipinski definition) is 1. The Hall–Kier alpha value is -1.38. The van der Waals surface area contributed by atoms with Gasteiger partial charge in [-0.1, -0.05) is 6.92 Å². The summed E-state index contributed by atoms with van der Waals surface area (Å²) in [5, 5.41) is 3.52. The van der Waals surface area contributed by atoms with Crippen LogP contribution in [0.1, 0.15) is 19.8 Å². The van der Waals surface area contributed by atoms with Crippen LogP contribution in [0.5, 0.6) is 0 Å². The number of guanidine groups is 1. The zero-order valence-electron chi connectivity index (χ0n) is 16.9. The maximum absolute atomic E-state index is 12.5. The molecule has 3 rings (SSSR count). The number of aliphatic imine (C=N–C) groups is 1. The van der Waals surface area contributed by atoms with Crippen LogP contribution in [0, 0.1) is 5.92 Å². The molecular formula is C19H35N5O3. The van der Waals surface area contributed by atoms with Crippen LogP contribution in [0.25, 0.3) is 0 Å². The largest absolute Gasteiger partial charge is 0.379 e. The number of nitrogens with one attached hydrogen (secondary N) is 1. The van der Waals surface area contributed by atoms with E-state index >= 15 is 0 Å². The monoisotopic (exact) mass is 381 g/mol. The lowest BCUT2D eigenvalue weighted by Crippen LogP contribution is -2.55. The second-order valence-corrected chi connectivity index (χ2v) is 7.76. The third kappa shape index (κ3) is 5.80. The lowest BCUT2D eigenvalue weighted by molar-refractivity contribution is -0.142. The Kier molecular flexibility index (Phi) is 7.72. The van der Waals surface area contributed by atoms with E-state index in [0.717, 1.165) is 91.0 Å². The van der Waals surface area contributed by atoms with Crippen molar-refractivity contribution in [3.05, 3.63) is 0 Å². The molecule has 8 nitrogen and oxygen atoms in total. The molecule has 0 aromatic rings. The standard InChI is InChI=1S/C19H35N5O3/c1-16(15-22-9-12-26-13-10-22)14-21-19(20-2)24-7-5-23(6-8-24)18(25)17-4-3-11-27-17/h16-17H,3-15H2,1-2H3,(H,20,21). The Morgan fingerprint density at radius 1 is 1.11 bits per heavy atom. The van der Waals surface area contributed by atoms with Gasteiger partial charge in [-0.2, -0.15) is 0 Å². The number of carbonyl (C=O) groups is 1. The van der Waals surface area contributed by atoms with Gasteiger partial charge in [0.2, 0.25) is 0 Å². The molecule has 3 fully saturated rings. The van der Waals surface area contributed by atoms with Crippen molar-refractivity contribution < 1.29 is 14.3 Å². The van der Waals surface area contributed by atoms with E-state index in [2.05, 4.69) is 27.0 Å². The molecule has 0 bridgehead atoms. The summed E-state index contributed by atoms with van der Waals surface area (Å²) in [5.41, 5.74) is 0. The number of hydrogen-bond acceptors (Lipinski definition) is 5. The number of carbonyl (C=O) groups excluding carboxylic acids is 1. The van der Waals surface area contributed by atoms with Gasteiger partial charge < -0.3 is 24.6 Å². The van der Waals surface area contributed by atoms with E-state index in [9.17, 15) is 4.79 Å². The molecule has 0 saturated carbocycles. The quantitative estimate of drug-likeness (QED) is 0.528. The van der Waals surface area contributed by atoms with Gasteiger partial charge in [0.15, 0.2) is 5.96 Å². The van der Waals surface area contributed by atoms with Crippen LogP contribution in [0.15, 0.2) is 4.99 Å². The van der Waals surface area contributed by atoms with Crippen LogP contribution in [-0.4, -0.2) is 112 Å². The average molecular weight is 382 g/mol. The van der Waals surface area contributed by atoms with Crippen molar-refractivity contribution in [2.45, 2.75) is 25.9 Å². The van der Waals surface area contributed by atoms with E-state index in [-0.39, 0.29) is 12.0 Å². The average Bonchev–Trinajstić information content (AvgIpc) is 3.24. The Labute approximate surface area is 162 Å². The number of nitrogens with zero attached hydrogens (tertiary/aromatic N) is 4. The summed E-state index contributed by atoms with van der Waals surface area (Å²) in [6.45, 7) is 11.8. The molecule has 8 heteroatoms. The third-order valence-electron chi connectivity index (χ3n) is 5.59. The fourth-order valence-electron chi connectivity index (χ4n) is 4.00. The van der Waals surface area contributed by atoms with Crippen LogP contribution < -0.4 is 5.32 Å². The molecule has 0 radical (unpaired) electrons. The van der Waals surface area contributed by atoms with Gasteiger partial charge in [-0.15, -0.1) is 0 Å². The summed E-state index contributed by atoms with van der Waals surface area (Å²) in [5.74, 6) is 1.64. The van der Waals surface area contributed by atoms with Gasteiger partial charge in [0.1, 0.15) is 6.10 Å². The highest BCUT2D eigenvalue weighted by molar-refractivity contribution is 5.82. The Morgan fingerprint density at radius 2 is 1.81 bits per heavy atom. The number of ether oxygens (including phenoxy) is 2. The van der Waals surface area contributed by atoms with Gasteiger partial charge in [-0.05, 0) is 18.8 Å².